The Bertz CT molecular complexity index is 456. The molecule has 3 unspecified atom stereocenters. The average molecular weight is 259 g/mol. The van der Waals surface area contributed by atoms with Gasteiger partial charge in [0.15, 0.2) is 0 Å². The second-order valence-electron chi connectivity index (χ2n) is 5.02. The molecule has 5 nitrogen and oxygen atoms in total. The Labute approximate surface area is 101 Å². The lowest BCUT2D eigenvalue weighted by molar-refractivity contribution is -0.142. The maximum atomic E-state index is 12.1. The maximum Gasteiger partial charge on any atom is 0.308 e. The molecule has 17 heavy (non-hydrogen) atoms. The third-order valence-corrected chi connectivity index (χ3v) is 5.61. The van der Waals surface area contributed by atoms with E-state index in [1.165, 1.54) is 4.31 Å². The first-order valence-electron chi connectivity index (χ1n) is 5.71. The minimum Gasteiger partial charge on any atom is -0.481 e. The molecule has 0 spiro atoms. The van der Waals surface area contributed by atoms with Crippen molar-refractivity contribution in [2.45, 2.75) is 38.3 Å². The first kappa shape index (κ1) is 12.6. The quantitative estimate of drug-likeness (QED) is 0.759. The summed E-state index contributed by atoms with van der Waals surface area (Å²) in [4.78, 5) is 11.0. The van der Waals surface area contributed by atoms with Crippen LogP contribution in [-0.4, -0.2) is 41.6 Å². The van der Waals surface area contributed by atoms with Gasteiger partial charge in [-0.15, -0.1) is 0 Å². The molecule has 2 fully saturated rings. The lowest BCUT2D eigenvalue weighted by atomic mass is 9.89. The topological polar surface area (TPSA) is 74.7 Å². The van der Waals surface area contributed by atoms with Gasteiger partial charge < -0.3 is 5.11 Å². The number of fused-ring (bicyclic) bond motifs is 2. The molecule has 0 amide bonds. The molecule has 2 bridgehead atoms. The molecule has 2 rings (SSSR count). The molecule has 0 aliphatic carbocycles. The third-order valence-electron chi connectivity index (χ3n) is 3.54. The minimum atomic E-state index is -3.39. The van der Waals surface area contributed by atoms with Crippen molar-refractivity contribution in [2.75, 3.05) is 5.75 Å². The molecular weight excluding hydrogens is 242 g/mol. The standard InChI is InChI=1S/C11H17NO4S/c1-7(2)6-17(15,16)12-8-3-4-10(12)9(5-8)11(13)14/h8-10H,1,3-6H2,2H3,(H,13,14). The number of hydrogen-bond acceptors (Lipinski definition) is 3. The van der Waals surface area contributed by atoms with Gasteiger partial charge in [0.1, 0.15) is 0 Å². The van der Waals surface area contributed by atoms with Crippen molar-refractivity contribution in [3.63, 3.8) is 0 Å². The van der Waals surface area contributed by atoms with Gasteiger partial charge in [-0.1, -0.05) is 12.2 Å². The molecule has 96 valence electrons. The molecule has 3 atom stereocenters. The Morgan fingerprint density at radius 3 is 2.59 bits per heavy atom. The largest absolute Gasteiger partial charge is 0.481 e. The smallest absolute Gasteiger partial charge is 0.308 e. The fourth-order valence-corrected chi connectivity index (χ4v) is 5.11. The van der Waals surface area contributed by atoms with Crippen LogP contribution in [0.2, 0.25) is 0 Å². The third kappa shape index (κ3) is 2.11. The van der Waals surface area contributed by atoms with E-state index in [1.54, 1.807) is 6.92 Å². The molecule has 2 heterocycles. The fraction of sp³-hybridized carbons (Fsp3) is 0.727. The van der Waals surface area contributed by atoms with Gasteiger partial charge in [0.05, 0.1) is 11.7 Å². The molecule has 6 heteroatoms. The molecule has 2 aliphatic rings. The first-order chi connectivity index (χ1) is 7.83. The van der Waals surface area contributed by atoms with Crippen LogP contribution in [-0.2, 0) is 14.8 Å². The van der Waals surface area contributed by atoms with Crippen molar-refractivity contribution >= 4 is 16.0 Å². The monoisotopic (exact) mass is 259 g/mol. The van der Waals surface area contributed by atoms with Crippen LogP contribution in [0.25, 0.3) is 0 Å². The second kappa shape index (κ2) is 4.10. The van der Waals surface area contributed by atoms with Crippen LogP contribution in [0, 0.1) is 5.92 Å². The molecule has 2 aliphatic heterocycles. The highest BCUT2D eigenvalue weighted by atomic mass is 32.2. The van der Waals surface area contributed by atoms with Gasteiger partial charge in [0.2, 0.25) is 10.0 Å². The van der Waals surface area contributed by atoms with Crippen LogP contribution < -0.4 is 0 Å². The summed E-state index contributed by atoms with van der Waals surface area (Å²) in [5.74, 6) is -1.49. The molecule has 0 aromatic carbocycles. The number of rotatable bonds is 4. The van der Waals surface area contributed by atoms with Crippen LogP contribution >= 0.6 is 0 Å². The highest BCUT2D eigenvalue weighted by molar-refractivity contribution is 7.89. The lowest BCUT2D eigenvalue weighted by Crippen LogP contribution is -2.39. The van der Waals surface area contributed by atoms with Crippen molar-refractivity contribution in [1.29, 1.82) is 0 Å². The van der Waals surface area contributed by atoms with Crippen LogP contribution in [0.4, 0.5) is 0 Å². The second-order valence-corrected chi connectivity index (χ2v) is 6.90. The summed E-state index contributed by atoms with van der Waals surface area (Å²) in [5.41, 5.74) is 0.586. The fourth-order valence-electron chi connectivity index (χ4n) is 3.02. The van der Waals surface area contributed by atoms with Gasteiger partial charge in [0.25, 0.3) is 0 Å². The SMILES string of the molecule is C=C(C)CS(=O)(=O)N1C2CCC1C(C(=O)O)C2. The van der Waals surface area contributed by atoms with E-state index in [0.717, 1.165) is 6.42 Å². The van der Waals surface area contributed by atoms with Gasteiger partial charge in [-0.2, -0.15) is 4.31 Å². The summed E-state index contributed by atoms with van der Waals surface area (Å²) >= 11 is 0. The van der Waals surface area contributed by atoms with E-state index in [2.05, 4.69) is 6.58 Å². The van der Waals surface area contributed by atoms with Crippen molar-refractivity contribution in [3.8, 4) is 0 Å². The number of aliphatic carboxylic acids is 1. The molecule has 1 N–H and O–H groups in total. The van der Waals surface area contributed by atoms with E-state index >= 15 is 0 Å². The zero-order valence-corrected chi connectivity index (χ0v) is 10.6. The van der Waals surface area contributed by atoms with Gasteiger partial charge in [-0.3, -0.25) is 4.79 Å². The van der Waals surface area contributed by atoms with Gasteiger partial charge >= 0.3 is 5.97 Å². The summed E-state index contributed by atoms with van der Waals surface area (Å²) in [7, 11) is -3.39. The lowest BCUT2D eigenvalue weighted by Gasteiger charge is -2.22. The number of carbonyl (C=O) groups is 1. The van der Waals surface area contributed by atoms with Crippen molar-refractivity contribution in [1.82, 2.24) is 4.31 Å². The predicted octanol–water partition coefficient (Wildman–Crippen LogP) is 0.830. The number of sulfonamides is 1. The summed E-state index contributed by atoms with van der Waals surface area (Å²) in [6, 6.07) is -0.465. The molecule has 0 aromatic rings. The highest BCUT2D eigenvalue weighted by Crippen LogP contribution is 2.43. The van der Waals surface area contributed by atoms with Gasteiger partial charge in [0, 0.05) is 12.1 Å². The Hall–Kier alpha value is -0.880. The maximum absolute atomic E-state index is 12.1. The molecule has 0 saturated carbocycles. The Kier molecular flexibility index (Phi) is 3.03. The first-order valence-corrected chi connectivity index (χ1v) is 7.32. The summed E-state index contributed by atoms with van der Waals surface area (Å²) in [5, 5.41) is 9.06. The summed E-state index contributed by atoms with van der Waals surface area (Å²) in [6.45, 7) is 5.29. The van der Waals surface area contributed by atoms with Crippen molar-refractivity contribution in [3.05, 3.63) is 12.2 Å². The number of carboxylic acid groups (broad SMARTS) is 1. The van der Waals surface area contributed by atoms with Gasteiger partial charge in [-0.25, -0.2) is 8.42 Å². The molecule has 0 radical (unpaired) electrons. The van der Waals surface area contributed by atoms with E-state index in [1.807, 2.05) is 0 Å². The zero-order valence-electron chi connectivity index (χ0n) is 9.80. The van der Waals surface area contributed by atoms with Crippen molar-refractivity contribution < 1.29 is 18.3 Å². The van der Waals surface area contributed by atoms with E-state index in [4.69, 9.17) is 5.11 Å². The van der Waals surface area contributed by atoms with E-state index in [0.29, 0.717) is 18.4 Å². The Morgan fingerprint density at radius 2 is 2.12 bits per heavy atom. The number of hydrogen-bond donors (Lipinski definition) is 1. The van der Waals surface area contributed by atoms with E-state index in [-0.39, 0.29) is 17.8 Å². The van der Waals surface area contributed by atoms with Crippen molar-refractivity contribution in [2.24, 2.45) is 5.92 Å². The molecule has 2 saturated heterocycles. The molecule has 0 aromatic heterocycles. The highest BCUT2D eigenvalue weighted by Gasteiger charge is 2.53. The summed E-state index contributed by atoms with van der Waals surface area (Å²) in [6.07, 6.45) is 1.90. The summed E-state index contributed by atoms with van der Waals surface area (Å²) < 4.78 is 25.7. The molecular formula is C11H17NO4S. The van der Waals surface area contributed by atoms with E-state index < -0.39 is 21.9 Å². The number of carboxylic acids is 1. The Balaban J connectivity index is 2.24. The van der Waals surface area contributed by atoms with Crippen LogP contribution in [0.3, 0.4) is 0 Å². The van der Waals surface area contributed by atoms with Crippen LogP contribution in [0.15, 0.2) is 12.2 Å². The Morgan fingerprint density at radius 1 is 1.47 bits per heavy atom. The van der Waals surface area contributed by atoms with Gasteiger partial charge in [-0.05, 0) is 26.2 Å². The van der Waals surface area contributed by atoms with Crippen LogP contribution in [0.5, 0.6) is 0 Å². The van der Waals surface area contributed by atoms with E-state index in [9.17, 15) is 13.2 Å². The van der Waals surface area contributed by atoms with Crippen LogP contribution in [0.1, 0.15) is 26.2 Å². The predicted molar refractivity (Wildman–Crippen MR) is 63.0 cm³/mol. The normalized spacial score (nSPS) is 32.9. The minimum absolute atomic E-state index is 0.0770. The average Bonchev–Trinajstić information content (AvgIpc) is 2.71. The number of nitrogens with zero attached hydrogens (tertiary/aromatic N) is 1. The zero-order chi connectivity index (χ0) is 12.8.